The number of nitrogens with one attached hydrogen (secondary N) is 5. The second-order valence-corrected chi connectivity index (χ2v) is 13.4. The lowest BCUT2D eigenvalue weighted by Gasteiger charge is -2.19. The summed E-state index contributed by atoms with van der Waals surface area (Å²) in [6, 6.07) is 21.7. The van der Waals surface area contributed by atoms with Crippen LogP contribution < -0.4 is 31.3 Å². The van der Waals surface area contributed by atoms with Gasteiger partial charge in [0, 0.05) is 46.5 Å². The maximum absolute atomic E-state index is 13.1. The first-order valence-corrected chi connectivity index (χ1v) is 18.0. The number of hydrogen-bond acceptors (Lipinski definition) is 12. The normalized spacial score (nSPS) is 13.3. The number of amides is 3. The average molecular weight is 818 g/mol. The Hall–Kier alpha value is -6.82. The Morgan fingerprint density at radius 3 is 2.26 bits per heavy atom. The third-order valence-corrected chi connectivity index (χ3v) is 8.96. The van der Waals surface area contributed by atoms with E-state index in [4.69, 9.17) is 21.1 Å². The van der Waals surface area contributed by atoms with Crippen molar-refractivity contribution >= 4 is 58.6 Å². The van der Waals surface area contributed by atoms with Crippen molar-refractivity contribution in [3.8, 4) is 17.1 Å². The van der Waals surface area contributed by atoms with E-state index >= 15 is 0 Å². The number of anilines is 4. The molecule has 2 aromatic heterocycles. The molecule has 0 aliphatic heterocycles. The third kappa shape index (κ3) is 11.2. The highest BCUT2D eigenvalue weighted by Crippen LogP contribution is 2.48. The number of carbonyl (C=O) groups excluding carboxylic acids is 4. The average Bonchev–Trinajstić information content (AvgIpc) is 4.00. The summed E-state index contributed by atoms with van der Waals surface area (Å²) < 4.78 is 48.6. The molecule has 3 aromatic carbocycles. The van der Waals surface area contributed by atoms with Crippen molar-refractivity contribution in [1.82, 2.24) is 30.6 Å². The van der Waals surface area contributed by atoms with E-state index in [0.29, 0.717) is 29.2 Å². The monoisotopic (exact) mass is 817 g/mol. The van der Waals surface area contributed by atoms with Crippen molar-refractivity contribution < 1.29 is 41.8 Å². The number of hydrogen-bond donors (Lipinski definition) is 5. The van der Waals surface area contributed by atoms with Crippen LogP contribution in [-0.2, 0) is 24.7 Å². The van der Waals surface area contributed by atoms with Gasteiger partial charge < -0.3 is 36.1 Å². The van der Waals surface area contributed by atoms with Gasteiger partial charge in [0.2, 0.25) is 11.9 Å². The molecular weight excluding hydrogens is 783 g/mol. The number of benzene rings is 3. The molecule has 15 nitrogen and oxygen atoms in total. The SMILES string of the molecule is COC(=O)[C@H](CCNC(=O)C(=O)Nc1cccc(-c2cccnc2)c1)NC(=O)c1ccc(Nc2nc(NC3(c4ccc(Cl)cc4)CC3)nc(OCC(F)(F)F)n2)cc1. The van der Waals surface area contributed by atoms with Gasteiger partial charge in [-0.1, -0.05) is 41.9 Å². The number of aromatic nitrogens is 4. The molecule has 0 spiro atoms. The second kappa shape index (κ2) is 18.0. The fourth-order valence-electron chi connectivity index (χ4n) is 5.65. The summed E-state index contributed by atoms with van der Waals surface area (Å²) in [5.74, 6) is -3.52. The lowest BCUT2D eigenvalue weighted by molar-refractivity contribution is -0.154. The van der Waals surface area contributed by atoms with E-state index in [-0.39, 0.29) is 30.4 Å². The van der Waals surface area contributed by atoms with Crippen LogP contribution >= 0.6 is 11.6 Å². The molecule has 5 N–H and O–H groups in total. The van der Waals surface area contributed by atoms with Gasteiger partial charge in [-0.2, -0.15) is 28.1 Å². The molecule has 1 aliphatic carbocycles. The van der Waals surface area contributed by atoms with Crippen LogP contribution in [0.5, 0.6) is 6.01 Å². The highest BCUT2D eigenvalue weighted by atomic mass is 35.5. The molecule has 1 aliphatic rings. The number of esters is 1. The van der Waals surface area contributed by atoms with E-state index < -0.39 is 54.1 Å². The highest BCUT2D eigenvalue weighted by Gasteiger charge is 2.45. The Balaban J connectivity index is 1.05. The summed E-state index contributed by atoms with van der Waals surface area (Å²) in [5, 5.41) is 14.1. The highest BCUT2D eigenvalue weighted by molar-refractivity contribution is 6.39. The van der Waals surface area contributed by atoms with Crippen molar-refractivity contribution in [3.05, 3.63) is 113 Å². The van der Waals surface area contributed by atoms with Crippen LogP contribution in [0.4, 0.5) is 36.4 Å². The predicted molar refractivity (Wildman–Crippen MR) is 206 cm³/mol. The molecular formula is C39H35ClF3N9O6. The van der Waals surface area contributed by atoms with E-state index in [2.05, 4.69) is 46.5 Å². The van der Waals surface area contributed by atoms with Gasteiger partial charge in [0.1, 0.15) is 6.04 Å². The van der Waals surface area contributed by atoms with Crippen molar-refractivity contribution in [2.75, 3.05) is 36.2 Å². The van der Waals surface area contributed by atoms with Crippen molar-refractivity contribution in [3.63, 3.8) is 0 Å². The lowest BCUT2D eigenvalue weighted by Crippen LogP contribution is -2.44. The van der Waals surface area contributed by atoms with Crippen LogP contribution in [-0.4, -0.2) is 76.1 Å². The molecule has 2 heterocycles. The van der Waals surface area contributed by atoms with E-state index in [1.165, 1.54) is 24.3 Å². The Kier molecular flexibility index (Phi) is 12.7. The topological polar surface area (TPSA) is 198 Å². The van der Waals surface area contributed by atoms with Gasteiger partial charge in [-0.05, 0) is 85.0 Å². The maximum atomic E-state index is 13.1. The van der Waals surface area contributed by atoms with E-state index in [9.17, 15) is 32.3 Å². The fraction of sp³-hybridized carbons (Fsp3) is 0.231. The van der Waals surface area contributed by atoms with E-state index in [1.807, 2.05) is 24.3 Å². The lowest BCUT2D eigenvalue weighted by atomic mass is 10.1. The van der Waals surface area contributed by atoms with Gasteiger partial charge in [0.15, 0.2) is 6.61 Å². The second-order valence-electron chi connectivity index (χ2n) is 13.0. The minimum Gasteiger partial charge on any atom is -0.467 e. The van der Waals surface area contributed by atoms with Gasteiger partial charge in [-0.25, -0.2) is 4.79 Å². The number of carbonyl (C=O) groups is 4. The molecule has 1 saturated carbocycles. The maximum Gasteiger partial charge on any atom is 0.422 e. The van der Waals surface area contributed by atoms with Crippen LogP contribution in [0, 0.1) is 0 Å². The van der Waals surface area contributed by atoms with Crippen LogP contribution in [0.3, 0.4) is 0 Å². The van der Waals surface area contributed by atoms with Crippen molar-refractivity contribution in [2.24, 2.45) is 0 Å². The predicted octanol–water partition coefficient (Wildman–Crippen LogP) is 5.79. The number of alkyl halides is 3. The van der Waals surface area contributed by atoms with Gasteiger partial charge in [0.25, 0.3) is 5.91 Å². The van der Waals surface area contributed by atoms with Gasteiger partial charge in [-0.3, -0.25) is 19.4 Å². The quantitative estimate of drug-likeness (QED) is 0.0631. The number of rotatable bonds is 15. The molecule has 19 heteroatoms. The first-order chi connectivity index (χ1) is 27.8. The Morgan fingerprint density at radius 2 is 1.59 bits per heavy atom. The summed E-state index contributed by atoms with van der Waals surface area (Å²) >= 11 is 6.04. The van der Waals surface area contributed by atoms with E-state index in [1.54, 1.807) is 48.8 Å². The number of methoxy groups -OCH3 is 1. The number of halogens is 4. The third-order valence-electron chi connectivity index (χ3n) is 8.71. The minimum absolute atomic E-state index is 0.0321. The van der Waals surface area contributed by atoms with Gasteiger partial charge in [0.05, 0.1) is 12.6 Å². The molecule has 0 unspecified atom stereocenters. The molecule has 58 heavy (non-hydrogen) atoms. The molecule has 0 radical (unpaired) electrons. The molecule has 6 rings (SSSR count). The number of pyridine rings is 1. The first kappa shape index (κ1) is 40.8. The summed E-state index contributed by atoms with van der Waals surface area (Å²) in [7, 11) is 1.14. The number of ether oxygens (including phenoxy) is 2. The molecule has 3 amide bonds. The van der Waals surface area contributed by atoms with Crippen molar-refractivity contribution in [1.29, 1.82) is 0 Å². The van der Waals surface area contributed by atoms with Crippen molar-refractivity contribution in [2.45, 2.75) is 37.0 Å². The van der Waals surface area contributed by atoms with Crippen LogP contribution in [0.25, 0.3) is 11.1 Å². The standard InChI is InChI=1S/C39H35ClF3N9O6/c1-57-34(56)30(15-19-45-32(54)33(55)46-29-6-2-4-24(20-29)25-5-3-18-44-21-25)48-31(53)23-7-13-28(14-8-23)47-35-49-36(51-37(50-35)58-22-39(41,42)43)52-38(16-17-38)26-9-11-27(40)12-10-26/h2-14,18,20-21,30H,15-17,19,22H2,1H3,(H,45,54)(H,46,55)(H,48,53)(H2,47,49,50,51,52)/t30-/m0/s1. The molecule has 5 aromatic rings. The zero-order valence-corrected chi connectivity index (χ0v) is 31.4. The largest absolute Gasteiger partial charge is 0.467 e. The Bertz CT molecular complexity index is 2260. The van der Waals surface area contributed by atoms with Crippen LogP contribution in [0.1, 0.15) is 35.2 Å². The van der Waals surface area contributed by atoms with Gasteiger partial charge in [-0.15, -0.1) is 0 Å². The van der Waals surface area contributed by atoms with Gasteiger partial charge >= 0.3 is 30.0 Å². The van der Waals surface area contributed by atoms with Crippen LogP contribution in [0.15, 0.2) is 97.3 Å². The zero-order chi connectivity index (χ0) is 41.3. The molecule has 1 atom stereocenters. The number of nitrogens with zero attached hydrogens (tertiary/aromatic N) is 4. The van der Waals surface area contributed by atoms with Crippen LogP contribution in [0.2, 0.25) is 5.02 Å². The molecule has 0 bridgehead atoms. The molecule has 300 valence electrons. The molecule has 0 saturated heterocycles. The summed E-state index contributed by atoms with van der Waals surface area (Å²) in [6.07, 6.45) is -0.0368. The van der Waals surface area contributed by atoms with E-state index in [0.717, 1.165) is 23.8 Å². The zero-order valence-electron chi connectivity index (χ0n) is 30.6. The Labute approximate surface area is 334 Å². The Morgan fingerprint density at radius 1 is 0.862 bits per heavy atom. The fourth-order valence-corrected chi connectivity index (χ4v) is 5.77. The summed E-state index contributed by atoms with van der Waals surface area (Å²) in [5.41, 5.74) is 2.79. The smallest absolute Gasteiger partial charge is 0.422 e. The summed E-state index contributed by atoms with van der Waals surface area (Å²) in [6.45, 7) is -1.79. The minimum atomic E-state index is -4.64. The molecule has 1 fully saturated rings. The first-order valence-electron chi connectivity index (χ1n) is 17.6. The summed E-state index contributed by atoms with van der Waals surface area (Å²) in [4.78, 5) is 67.3.